The first-order valence-corrected chi connectivity index (χ1v) is 18.2. The van der Waals surface area contributed by atoms with Crippen molar-refractivity contribution in [1.29, 1.82) is 0 Å². The van der Waals surface area contributed by atoms with Gasteiger partial charge in [0.25, 0.3) is 0 Å². The lowest BCUT2D eigenvalue weighted by Gasteiger charge is -2.39. The molecule has 0 radical (unpaired) electrons. The largest absolute Gasteiger partial charge is 0.494 e. The van der Waals surface area contributed by atoms with Gasteiger partial charge in [-0.1, -0.05) is 24.3 Å². The number of piperazine rings is 1. The molecule has 0 saturated carbocycles. The molecule has 1 aromatic heterocycles. The van der Waals surface area contributed by atoms with Crippen LogP contribution >= 0.6 is 0 Å². The zero-order chi connectivity index (χ0) is 39.0. The molecular weight excluding hydrogens is 704 g/mol. The molecule has 2 aliphatic heterocycles. The molecule has 5 atom stereocenters. The maximum Gasteiger partial charge on any atom is 0.247 e. The summed E-state index contributed by atoms with van der Waals surface area (Å²) in [5.74, 6) is -0.338. The number of aromatic nitrogens is 2. The number of aliphatic hydroxyl groups is 5. The number of hydrogen-bond donors (Lipinski definition) is 7. The Labute approximate surface area is 313 Å². The minimum absolute atomic E-state index is 0.0205. The van der Waals surface area contributed by atoms with Gasteiger partial charge >= 0.3 is 0 Å². The summed E-state index contributed by atoms with van der Waals surface area (Å²) in [5, 5.41) is 57.5. The molecule has 5 rings (SSSR count). The number of β-amino-alcohol motifs (C(OH)–C–C–N with tert-alkyl or cyclic N) is 1. The number of carbonyl (C=O) groups excluding carboxylic acids is 3. The summed E-state index contributed by atoms with van der Waals surface area (Å²) >= 11 is 0. The second kappa shape index (κ2) is 18.3. The predicted octanol–water partition coefficient (Wildman–Crippen LogP) is -1.32. The van der Waals surface area contributed by atoms with E-state index in [0.29, 0.717) is 75.2 Å². The summed E-state index contributed by atoms with van der Waals surface area (Å²) < 4.78 is 18.7. The lowest BCUT2D eigenvalue weighted by Crippen LogP contribution is -2.60. The number of aryl methyl sites for hydroxylation is 2. The van der Waals surface area contributed by atoms with Crippen LogP contribution in [0.2, 0.25) is 0 Å². The Morgan fingerprint density at radius 1 is 0.981 bits per heavy atom. The van der Waals surface area contributed by atoms with E-state index in [1.165, 1.54) is 4.68 Å². The molecule has 2 fully saturated rings. The van der Waals surface area contributed by atoms with Gasteiger partial charge in [0.05, 0.1) is 30.7 Å². The van der Waals surface area contributed by atoms with Crippen LogP contribution in [-0.2, 0) is 38.5 Å². The third kappa shape index (κ3) is 10.0. The Morgan fingerprint density at radius 3 is 2.37 bits per heavy atom. The molecule has 2 aromatic carbocycles. The summed E-state index contributed by atoms with van der Waals surface area (Å²) in [7, 11) is 0. The standard InChI is InChI=1S/C37H52N6O11/c1-37(2,36(51)42-16-14-41(15-17-42)18-19-44)39-29(47)7-4-20-52-25-12-9-23(10-13-25)8-11-24-5-3-6-26-30(24)34(40-43(26)21-28(38)46)54-35-33(50)32(49)31(48)27(22-45)53-35/h3,5-6,9-10,12-13,27,31-33,35,44-45,48-50H,4,7-8,11,14-22H2,1-2H3,(H2,38,46)(H,39,47)/t27-,31-,32+,33-,35+/m1/s1. The second-order valence-corrected chi connectivity index (χ2v) is 14.2. The van der Waals surface area contributed by atoms with Crippen molar-refractivity contribution in [3.8, 4) is 11.6 Å². The Bertz CT molecular complexity index is 1720. The highest BCUT2D eigenvalue weighted by Crippen LogP contribution is 2.33. The average molecular weight is 757 g/mol. The van der Waals surface area contributed by atoms with E-state index in [-0.39, 0.29) is 37.3 Å². The fraction of sp³-hybridized carbons (Fsp3) is 0.568. The van der Waals surface area contributed by atoms with Gasteiger partial charge < -0.3 is 55.7 Å². The molecule has 3 aromatic rings. The average Bonchev–Trinajstić information content (AvgIpc) is 3.49. The van der Waals surface area contributed by atoms with Crippen LogP contribution in [0.3, 0.4) is 0 Å². The van der Waals surface area contributed by atoms with Gasteiger partial charge in [0.1, 0.15) is 42.2 Å². The number of hydrogen-bond acceptors (Lipinski definition) is 13. The van der Waals surface area contributed by atoms with Crippen LogP contribution in [0.1, 0.15) is 37.8 Å². The number of aliphatic hydroxyl groups excluding tert-OH is 5. The number of benzene rings is 2. The van der Waals surface area contributed by atoms with Crippen molar-refractivity contribution in [2.45, 2.75) is 82.3 Å². The Kier molecular flexibility index (Phi) is 13.8. The van der Waals surface area contributed by atoms with Crippen LogP contribution in [0.25, 0.3) is 10.9 Å². The smallest absolute Gasteiger partial charge is 0.247 e. The number of primary amides is 1. The molecular formula is C37H52N6O11. The molecule has 8 N–H and O–H groups in total. The van der Waals surface area contributed by atoms with Crippen LogP contribution in [0.4, 0.5) is 0 Å². The van der Waals surface area contributed by atoms with Crippen LogP contribution in [0.15, 0.2) is 42.5 Å². The molecule has 0 aliphatic carbocycles. The summed E-state index contributed by atoms with van der Waals surface area (Å²) in [6.07, 6.45) is -5.71. The minimum atomic E-state index is -1.65. The molecule has 2 aliphatic rings. The summed E-state index contributed by atoms with van der Waals surface area (Å²) in [6, 6.07) is 13.0. The van der Waals surface area contributed by atoms with Crippen LogP contribution in [-0.4, -0.2) is 152 Å². The van der Waals surface area contributed by atoms with E-state index in [1.807, 2.05) is 36.4 Å². The zero-order valence-corrected chi connectivity index (χ0v) is 30.7. The summed E-state index contributed by atoms with van der Waals surface area (Å²) in [5.41, 5.74) is 6.78. The van der Waals surface area contributed by atoms with E-state index in [2.05, 4.69) is 15.3 Å². The Balaban J connectivity index is 1.13. The molecule has 17 heteroatoms. The highest BCUT2D eigenvalue weighted by atomic mass is 16.7. The molecule has 0 bridgehead atoms. The van der Waals surface area contributed by atoms with Gasteiger partial charge in [-0.05, 0) is 62.4 Å². The van der Waals surface area contributed by atoms with Crippen molar-refractivity contribution in [3.63, 3.8) is 0 Å². The minimum Gasteiger partial charge on any atom is -0.494 e. The van der Waals surface area contributed by atoms with Crippen molar-refractivity contribution >= 4 is 28.6 Å². The number of ether oxygens (including phenoxy) is 3. The highest BCUT2D eigenvalue weighted by molar-refractivity contribution is 5.91. The van der Waals surface area contributed by atoms with Crippen molar-refractivity contribution < 1.29 is 54.1 Å². The molecule has 0 spiro atoms. The van der Waals surface area contributed by atoms with Gasteiger partial charge in [-0.15, -0.1) is 5.10 Å². The van der Waals surface area contributed by atoms with E-state index < -0.39 is 48.8 Å². The van der Waals surface area contributed by atoms with E-state index in [9.17, 15) is 34.8 Å². The van der Waals surface area contributed by atoms with E-state index in [0.717, 1.165) is 11.1 Å². The van der Waals surface area contributed by atoms with Gasteiger partial charge in [-0.2, -0.15) is 0 Å². The van der Waals surface area contributed by atoms with Crippen LogP contribution < -0.4 is 20.5 Å². The van der Waals surface area contributed by atoms with E-state index in [4.69, 9.17) is 25.1 Å². The number of amides is 3. The zero-order valence-electron chi connectivity index (χ0n) is 30.7. The number of fused-ring (bicyclic) bond motifs is 1. The van der Waals surface area contributed by atoms with Gasteiger partial charge in [-0.25, -0.2) is 0 Å². The number of rotatable bonds is 17. The van der Waals surface area contributed by atoms with Gasteiger partial charge in [0.2, 0.25) is 29.9 Å². The Hall–Kier alpha value is -4.36. The fourth-order valence-corrected chi connectivity index (χ4v) is 6.73. The quantitative estimate of drug-likeness (QED) is 0.0792. The molecule has 3 amide bonds. The molecule has 0 unspecified atom stereocenters. The summed E-state index contributed by atoms with van der Waals surface area (Å²) in [4.78, 5) is 41.4. The van der Waals surface area contributed by atoms with Gasteiger partial charge in [0, 0.05) is 39.1 Å². The number of nitrogens with zero attached hydrogens (tertiary/aromatic N) is 4. The maximum absolute atomic E-state index is 13.1. The van der Waals surface area contributed by atoms with Crippen molar-refractivity contribution in [1.82, 2.24) is 24.9 Å². The van der Waals surface area contributed by atoms with Crippen molar-refractivity contribution in [2.75, 3.05) is 52.5 Å². The SMILES string of the molecule is CC(C)(NC(=O)CCCOc1ccc(CCc2cccc3c2c(O[C@@H]2O[C@H](CO)[C@@H](O)[C@H](O)[C@H]2O)nn3CC(N)=O)cc1)C(=O)N1CCN(CCO)CC1. The van der Waals surface area contributed by atoms with Gasteiger partial charge in [0.15, 0.2) is 0 Å². The highest BCUT2D eigenvalue weighted by Gasteiger charge is 2.45. The predicted molar refractivity (Wildman–Crippen MR) is 194 cm³/mol. The number of carbonyl (C=O) groups is 3. The van der Waals surface area contributed by atoms with Gasteiger partial charge in [-0.3, -0.25) is 24.0 Å². The first-order chi connectivity index (χ1) is 25.8. The lowest BCUT2D eigenvalue weighted by atomic mass is 9.99. The monoisotopic (exact) mass is 756 g/mol. The first-order valence-electron chi connectivity index (χ1n) is 18.2. The van der Waals surface area contributed by atoms with Crippen LogP contribution in [0.5, 0.6) is 11.6 Å². The molecule has 296 valence electrons. The number of nitrogens with one attached hydrogen (secondary N) is 1. The fourth-order valence-electron chi connectivity index (χ4n) is 6.73. The van der Waals surface area contributed by atoms with Crippen LogP contribution in [0, 0.1) is 0 Å². The third-order valence-corrected chi connectivity index (χ3v) is 9.70. The normalized spacial score (nSPS) is 22.3. The summed E-state index contributed by atoms with van der Waals surface area (Å²) in [6.45, 7) is 6.00. The topological polar surface area (TPSA) is 242 Å². The van der Waals surface area contributed by atoms with E-state index >= 15 is 0 Å². The Morgan fingerprint density at radius 2 is 1.70 bits per heavy atom. The second-order valence-electron chi connectivity index (χ2n) is 14.2. The molecule has 2 saturated heterocycles. The third-order valence-electron chi connectivity index (χ3n) is 9.70. The van der Waals surface area contributed by atoms with E-state index in [1.54, 1.807) is 24.8 Å². The van der Waals surface area contributed by atoms with Crippen molar-refractivity contribution in [2.24, 2.45) is 5.73 Å². The number of nitrogens with two attached hydrogens (primary N) is 1. The molecule has 54 heavy (non-hydrogen) atoms. The molecule has 17 nitrogen and oxygen atoms in total. The van der Waals surface area contributed by atoms with Crippen molar-refractivity contribution in [3.05, 3.63) is 53.6 Å². The first kappa shape index (κ1) is 40.8. The lowest BCUT2D eigenvalue weighted by molar-refractivity contribution is -0.278. The molecule has 3 heterocycles. The maximum atomic E-state index is 13.1.